The normalized spacial score (nSPS) is 8.32. The van der Waals surface area contributed by atoms with E-state index >= 15 is 0 Å². The minimum Gasteiger partial charge on any atom is -0.361 e. The maximum absolute atomic E-state index is 3.77. The predicted octanol–water partition coefficient (Wildman–Crippen LogP) is 5.10. The quantitative estimate of drug-likeness (QED) is 0.580. The van der Waals surface area contributed by atoms with E-state index in [1.807, 2.05) is 19.2 Å². The molecule has 3 heteroatoms. The Morgan fingerprint density at radius 3 is 2.11 bits per heavy atom. The molecule has 19 heavy (non-hydrogen) atoms. The average molecular weight is 261 g/mol. The Labute approximate surface area is 117 Å². The van der Waals surface area contributed by atoms with Gasteiger partial charge in [0.25, 0.3) is 0 Å². The topological polar surface area (TPSA) is 44.5 Å². The zero-order valence-corrected chi connectivity index (χ0v) is 9.49. The Kier molecular flexibility index (Phi) is 9.12. The number of H-pyrrole nitrogens is 2. The van der Waals surface area contributed by atoms with Crippen LogP contribution >= 0.6 is 0 Å². The number of nitrogens with zero attached hydrogens (tertiary/aromatic N) is 1. The molecule has 2 heterocycles. The summed E-state index contributed by atoms with van der Waals surface area (Å²) >= 11 is 0. The van der Waals surface area contributed by atoms with Crippen LogP contribution in [0.5, 0.6) is 0 Å². The highest BCUT2D eigenvalue weighted by Gasteiger charge is 1.94. The summed E-state index contributed by atoms with van der Waals surface area (Å²) in [6.45, 7) is 4.08. The lowest BCUT2D eigenvalue weighted by Crippen LogP contribution is -1.64. The van der Waals surface area contributed by atoms with Gasteiger partial charge < -0.3 is 9.97 Å². The molecule has 2 aromatic heterocycles. The van der Waals surface area contributed by atoms with Crippen LogP contribution in [0.3, 0.4) is 0 Å². The van der Waals surface area contributed by atoms with Gasteiger partial charge in [-0.3, -0.25) is 0 Å². The van der Waals surface area contributed by atoms with Crippen LogP contribution in [0.15, 0.2) is 43.0 Å². The van der Waals surface area contributed by atoms with Gasteiger partial charge in [0.1, 0.15) is 0 Å². The van der Waals surface area contributed by atoms with Gasteiger partial charge in [0.15, 0.2) is 0 Å². The molecule has 2 N–H and O–H groups in total. The molecule has 0 aliphatic carbocycles. The van der Waals surface area contributed by atoms with Crippen LogP contribution in [0.1, 0.15) is 33.5 Å². The van der Waals surface area contributed by atoms with Gasteiger partial charge >= 0.3 is 0 Å². The largest absolute Gasteiger partial charge is 0.361 e. The Morgan fingerprint density at radius 2 is 1.63 bits per heavy atom. The summed E-state index contributed by atoms with van der Waals surface area (Å²) in [5, 5.41) is 1.32. The second kappa shape index (κ2) is 8.97. The maximum Gasteiger partial charge on any atom is 0.0921 e. The molecule has 106 valence electrons. The molecule has 0 saturated heterocycles. The summed E-state index contributed by atoms with van der Waals surface area (Å²) in [4.78, 5) is 9.84. The number of aromatic nitrogens is 3. The number of hydrogen-bond acceptors (Lipinski definition) is 1. The number of hydrogen-bond donors (Lipinski definition) is 2. The third-order valence-corrected chi connectivity index (χ3v) is 2.43. The zero-order valence-electron chi connectivity index (χ0n) is 9.49. The summed E-state index contributed by atoms with van der Waals surface area (Å²) in [5.41, 5.74) is 3.64. The van der Waals surface area contributed by atoms with E-state index in [1.165, 1.54) is 16.5 Å². The van der Waals surface area contributed by atoms with Crippen LogP contribution in [0.4, 0.5) is 0 Å². The van der Waals surface area contributed by atoms with E-state index < -0.39 is 0 Å². The van der Waals surface area contributed by atoms with Crippen molar-refractivity contribution in [3.05, 3.63) is 54.2 Å². The molecule has 0 spiro atoms. The predicted molar refractivity (Wildman–Crippen MR) is 86.6 cm³/mol. The zero-order chi connectivity index (χ0) is 11.4. The van der Waals surface area contributed by atoms with Gasteiger partial charge in [-0.25, -0.2) is 4.98 Å². The molecule has 0 aliphatic heterocycles. The number of rotatable bonds is 0. The van der Waals surface area contributed by atoms with Crippen molar-refractivity contribution in [3.8, 4) is 0 Å². The second-order valence-corrected chi connectivity index (χ2v) is 3.75. The molecule has 0 unspecified atom stereocenters. The van der Waals surface area contributed by atoms with E-state index in [9.17, 15) is 0 Å². The number of aryl methyl sites for hydroxylation is 2. The summed E-state index contributed by atoms with van der Waals surface area (Å²) < 4.78 is 0. The molecule has 0 saturated carbocycles. The van der Waals surface area contributed by atoms with Crippen LogP contribution in [0, 0.1) is 13.8 Å². The Hall–Kier alpha value is -2.03. The summed E-state index contributed by atoms with van der Waals surface area (Å²) in [7, 11) is 0. The average Bonchev–Trinajstić information content (AvgIpc) is 2.91. The standard InChI is InChI=1S/C9H9N.C4H6N2.3CH4/c1-7-6-10-9-5-3-2-4-8(7)9;1-4-2-5-3-6-4;;;/h2-6,10H,1H3;2-3H,1H3,(H,5,6);3*1H4. The molecule has 1 aromatic carbocycles. The first kappa shape index (κ1) is 19.3. The Morgan fingerprint density at radius 1 is 0.947 bits per heavy atom. The van der Waals surface area contributed by atoms with Gasteiger partial charge in [0.05, 0.1) is 6.33 Å². The molecular formula is C16H27N3. The third kappa shape index (κ3) is 5.00. The number of aromatic amines is 2. The number of imidazole rings is 1. The molecule has 0 atom stereocenters. The van der Waals surface area contributed by atoms with Gasteiger partial charge in [0.2, 0.25) is 0 Å². The Balaban J connectivity index is 0. The van der Waals surface area contributed by atoms with Gasteiger partial charge in [-0.15, -0.1) is 0 Å². The first-order valence-corrected chi connectivity index (χ1v) is 5.25. The van der Waals surface area contributed by atoms with E-state index in [0.29, 0.717) is 0 Å². The van der Waals surface area contributed by atoms with Crippen molar-refractivity contribution < 1.29 is 0 Å². The second-order valence-electron chi connectivity index (χ2n) is 3.75. The van der Waals surface area contributed by atoms with E-state index in [4.69, 9.17) is 0 Å². The lowest BCUT2D eigenvalue weighted by Gasteiger charge is -1.86. The lowest BCUT2D eigenvalue weighted by molar-refractivity contribution is 1.25. The van der Waals surface area contributed by atoms with Crippen LogP contribution in [-0.4, -0.2) is 15.0 Å². The first-order chi connectivity index (χ1) is 7.77. The molecule has 0 amide bonds. The van der Waals surface area contributed by atoms with Crippen LogP contribution in [-0.2, 0) is 0 Å². The van der Waals surface area contributed by atoms with E-state index in [2.05, 4.69) is 40.1 Å². The molecule has 0 radical (unpaired) electrons. The van der Waals surface area contributed by atoms with Gasteiger partial charge in [-0.05, 0) is 25.5 Å². The monoisotopic (exact) mass is 261 g/mol. The van der Waals surface area contributed by atoms with Crippen LogP contribution < -0.4 is 0 Å². The van der Waals surface area contributed by atoms with Gasteiger partial charge in [-0.1, -0.05) is 40.5 Å². The van der Waals surface area contributed by atoms with Crippen LogP contribution in [0.2, 0.25) is 0 Å². The number of benzene rings is 1. The van der Waals surface area contributed by atoms with Gasteiger partial charge in [-0.2, -0.15) is 0 Å². The minimum atomic E-state index is 0. The highest BCUT2D eigenvalue weighted by atomic mass is 14.8. The van der Waals surface area contributed by atoms with Crippen molar-refractivity contribution in [2.45, 2.75) is 36.1 Å². The SMILES string of the molecule is C.C.C.Cc1c[nH]c2ccccc12.Cc1cnc[nH]1. The van der Waals surface area contributed by atoms with E-state index in [1.54, 1.807) is 12.5 Å². The molecule has 3 nitrogen and oxygen atoms in total. The summed E-state index contributed by atoms with van der Waals surface area (Å²) in [6.07, 6.45) is 5.47. The minimum absolute atomic E-state index is 0. The van der Waals surface area contributed by atoms with Crippen molar-refractivity contribution in [1.29, 1.82) is 0 Å². The smallest absolute Gasteiger partial charge is 0.0921 e. The van der Waals surface area contributed by atoms with Crippen LogP contribution in [0.25, 0.3) is 10.9 Å². The van der Waals surface area contributed by atoms with Gasteiger partial charge in [0, 0.05) is 29.0 Å². The number of para-hydroxylation sites is 1. The maximum atomic E-state index is 3.77. The molecule has 0 fully saturated rings. The first-order valence-electron chi connectivity index (χ1n) is 5.25. The molecule has 3 aromatic rings. The third-order valence-electron chi connectivity index (χ3n) is 2.43. The highest BCUT2D eigenvalue weighted by Crippen LogP contribution is 2.15. The van der Waals surface area contributed by atoms with Crippen molar-refractivity contribution in [2.24, 2.45) is 0 Å². The molecule has 0 aliphatic rings. The lowest BCUT2D eigenvalue weighted by atomic mass is 10.2. The molecule has 3 rings (SSSR count). The molecular weight excluding hydrogens is 234 g/mol. The number of fused-ring (bicyclic) bond motifs is 1. The fraction of sp³-hybridized carbons (Fsp3) is 0.312. The highest BCUT2D eigenvalue weighted by molar-refractivity contribution is 5.82. The fourth-order valence-corrected chi connectivity index (χ4v) is 1.54. The summed E-state index contributed by atoms with van der Waals surface area (Å²) in [6, 6.07) is 8.31. The van der Waals surface area contributed by atoms with Crippen molar-refractivity contribution in [3.63, 3.8) is 0 Å². The fourth-order valence-electron chi connectivity index (χ4n) is 1.54. The van der Waals surface area contributed by atoms with E-state index in [0.717, 1.165) is 5.69 Å². The van der Waals surface area contributed by atoms with Crippen molar-refractivity contribution in [2.75, 3.05) is 0 Å². The van der Waals surface area contributed by atoms with Crippen molar-refractivity contribution in [1.82, 2.24) is 15.0 Å². The van der Waals surface area contributed by atoms with Crippen molar-refractivity contribution >= 4 is 10.9 Å². The summed E-state index contributed by atoms with van der Waals surface area (Å²) in [5.74, 6) is 0. The van der Waals surface area contributed by atoms with E-state index in [-0.39, 0.29) is 22.3 Å². The molecule has 0 bridgehead atoms. The Bertz CT molecular complexity index is 550. The number of nitrogens with one attached hydrogen (secondary N) is 2.